The Balaban J connectivity index is 2.54. The highest BCUT2D eigenvalue weighted by molar-refractivity contribution is 7.71. The van der Waals surface area contributed by atoms with Gasteiger partial charge in [-0.25, -0.2) is 9.37 Å². The van der Waals surface area contributed by atoms with Gasteiger partial charge in [0.2, 0.25) is 0 Å². The van der Waals surface area contributed by atoms with Crippen molar-refractivity contribution in [2.24, 2.45) is 0 Å². The molecule has 58 valence electrons. The number of nitrogens with zero attached hydrogens (tertiary/aromatic N) is 1. The maximum Gasteiger partial charge on any atom is 0.179 e. The lowest BCUT2D eigenvalue weighted by Gasteiger charge is -1.97. The largest absolute Gasteiger partial charge is 0.347 e. The average Bonchev–Trinajstić information content (AvgIpc) is 2.77. The maximum absolute atomic E-state index is 13.1. The number of hydrogen-bond acceptors (Lipinski definition) is 2. The zero-order valence-corrected chi connectivity index (χ0v) is 6.62. The summed E-state index contributed by atoms with van der Waals surface area (Å²) in [6.07, 6.45) is 3.58. The van der Waals surface area contributed by atoms with Gasteiger partial charge in [0.25, 0.3) is 0 Å². The molecule has 4 heteroatoms. The Bertz CT molecular complexity index is 329. The van der Waals surface area contributed by atoms with E-state index in [1.165, 1.54) is 6.33 Å². The molecule has 0 saturated heterocycles. The molecule has 0 amide bonds. The number of hydrogen-bond donors (Lipinski definition) is 1. The van der Waals surface area contributed by atoms with Crippen LogP contribution in [-0.4, -0.2) is 9.97 Å². The monoisotopic (exact) mass is 170 g/mol. The van der Waals surface area contributed by atoms with Crippen LogP contribution in [-0.2, 0) is 0 Å². The van der Waals surface area contributed by atoms with Crippen LogP contribution in [0.25, 0.3) is 0 Å². The molecular weight excluding hydrogens is 163 g/mol. The molecule has 2 rings (SSSR count). The van der Waals surface area contributed by atoms with Gasteiger partial charge in [-0.15, -0.1) is 0 Å². The van der Waals surface area contributed by atoms with Gasteiger partial charge in [0.15, 0.2) is 10.5 Å². The molecule has 0 radical (unpaired) electrons. The van der Waals surface area contributed by atoms with Crippen LogP contribution in [0.1, 0.15) is 24.5 Å². The molecule has 1 fully saturated rings. The normalized spacial score (nSPS) is 16.8. The van der Waals surface area contributed by atoms with Crippen molar-refractivity contribution >= 4 is 12.2 Å². The number of H-pyrrole nitrogens is 1. The Labute approximate surface area is 68.5 Å². The zero-order valence-electron chi connectivity index (χ0n) is 5.80. The summed E-state index contributed by atoms with van der Waals surface area (Å²) in [6.45, 7) is 0. The molecule has 1 N–H and O–H groups in total. The Kier molecular flexibility index (Phi) is 1.49. The third kappa shape index (κ3) is 1.18. The molecule has 1 heterocycles. The molecule has 1 saturated carbocycles. The topological polar surface area (TPSA) is 28.7 Å². The van der Waals surface area contributed by atoms with Gasteiger partial charge < -0.3 is 4.98 Å². The van der Waals surface area contributed by atoms with E-state index in [9.17, 15) is 4.39 Å². The fourth-order valence-corrected chi connectivity index (χ4v) is 1.23. The Morgan fingerprint density at radius 1 is 1.64 bits per heavy atom. The summed E-state index contributed by atoms with van der Waals surface area (Å²) >= 11 is 4.68. The summed E-state index contributed by atoms with van der Waals surface area (Å²) < 4.78 is 13.2. The molecule has 0 aliphatic heterocycles. The van der Waals surface area contributed by atoms with E-state index >= 15 is 0 Å². The SMILES string of the molecule is Fc1c(C2CC2)[nH]cnc1=S. The number of aromatic amines is 1. The van der Waals surface area contributed by atoms with Gasteiger partial charge >= 0.3 is 0 Å². The van der Waals surface area contributed by atoms with Gasteiger partial charge in [-0.3, -0.25) is 0 Å². The summed E-state index contributed by atoms with van der Waals surface area (Å²) in [4.78, 5) is 6.42. The molecule has 2 nitrogen and oxygen atoms in total. The molecule has 1 aromatic heterocycles. The summed E-state index contributed by atoms with van der Waals surface area (Å²) in [5.41, 5.74) is 0.630. The second-order valence-corrected chi connectivity index (χ2v) is 3.10. The van der Waals surface area contributed by atoms with Crippen molar-refractivity contribution in [3.05, 3.63) is 22.5 Å². The van der Waals surface area contributed by atoms with Gasteiger partial charge in [-0.2, -0.15) is 0 Å². The molecule has 0 unspecified atom stereocenters. The molecule has 0 aromatic carbocycles. The van der Waals surface area contributed by atoms with Gasteiger partial charge in [0.05, 0.1) is 12.0 Å². The molecule has 1 aromatic rings. The highest BCUT2D eigenvalue weighted by atomic mass is 32.1. The van der Waals surface area contributed by atoms with E-state index in [-0.39, 0.29) is 10.5 Å². The third-order valence-corrected chi connectivity index (χ3v) is 2.10. The number of nitrogens with one attached hydrogen (secondary N) is 1. The van der Waals surface area contributed by atoms with Gasteiger partial charge in [0, 0.05) is 5.92 Å². The molecule has 1 aliphatic carbocycles. The van der Waals surface area contributed by atoms with Crippen molar-refractivity contribution in [2.45, 2.75) is 18.8 Å². The number of halogens is 1. The quantitative estimate of drug-likeness (QED) is 0.654. The second-order valence-electron chi connectivity index (χ2n) is 2.71. The lowest BCUT2D eigenvalue weighted by molar-refractivity contribution is 0.586. The molecular formula is C7H7FN2S. The second kappa shape index (κ2) is 2.37. The van der Waals surface area contributed by atoms with Crippen LogP contribution in [0.2, 0.25) is 0 Å². The van der Waals surface area contributed by atoms with Crippen LogP contribution >= 0.6 is 12.2 Å². The minimum absolute atomic E-state index is 0.0747. The van der Waals surface area contributed by atoms with Crippen molar-refractivity contribution in [3.8, 4) is 0 Å². The van der Waals surface area contributed by atoms with E-state index in [1.54, 1.807) is 0 Å². The lowest BCUT2D eigenvalue weighted by Crippen LogP contribution is -1.94. The van der Waals surface area contributed by atoms with Crippen LogP contribution in [0.4, 0.5) is 4.39 Å². The summed E-state index contributed by atoms with van der Waals surface area (Å²) in [6, 6.07) is 0. The average molecular weight is 170 g/mol. The van der Waals surface area contributed by atoms with Crippen molar-refractivity contribution in [2.75, 3.05) is 0 Å². The first-order valence-corrected chi connectivity index (χ1v) is 3.93. The molecule has 1 aliphatic rings. The minimum atomic E-state index is -0.343. The summed E-state index contributed by atoms with van der Waals surface area (Å²) in [5, 5.41) is 0. The van der Waals surface area contributed by atoms with E-state index in [4.69, 9.17) is 0 Å². The predicted molar refractivity (Wildman–Crippen MR) is 41.4 cm³/mol. The van der Waals surface area contributed by atoms with Crippen LogP contribution < -0.4 is 0 Å². The third-order valence-electron chi connectivity index (χ3n) is 1.81. The summed E-state index contributed by atoms with van der Waals surface area (Å²) in [5.74, 6) is 0.0182. The summed E-state index contributed by atoms with van der Waals surface area (Å²) in [7, 11) is 0. The highest BCUT2D eigenvalue weighted by Crippen LogP contribution is 2.39. The fourth-order valence-electron chi connectivity index (χ4n) is 1.06. The molecule has 0 atom stereocenters. The van der Waals surface area contributed by atoms with Gasteiger partial charge in [-0.1, -0.05) is 12.2 Å². The van der Waals surface area contributed by atoms with Crippen LogP contribution in [0.3, 0.4) is 0 Å². The van der Waals surface area contributed by atoms with Gasteiger partial charge in [0.1, 0.15) is 0 Å². The van der Waals surface area contributed by atoms with Crippen LogP contribution in [0.5, 0.6) is 0 Å². The van der Waals surface area contributed by atoms with Crippen molar-refractivity contribution < 1.29 is 4.39 Å². The van der Waals surface area contributed by atoms with Crippen LogP contribution in [0.15, 0.2) is 6.33 Å². The molecule has 11 heavy (non-hydrogen) atoms. The molecule has 0 bridgehead atoms. The maximum atomic E-state index is 13.1. The van der Waals surface area contributed by atoms with Crippen molar-refractivity contribution in [1.29, 1.82) is 0 Å². The van der Waals surface area contributed by atoms with E-state index in [1.807, 2.05) is 0 Å². The van der Waals surface area contributed by atoms with E-state index in [2.05, 4.69) is 22.2 Å². The van der Waals surface area contributed by atoms with E-state index in [0.29, 0.717) is 11.6 Å². The number of aromatic nitrogens is 2. The van der Waals surface area contributed by atoms with Crippen molar-refractivity contribution in [1.82, 2.24) is 9.97 Å². The Hall–Kier alpha value is -0.770. The zero-order chi connectivity index (χ0) is 7.84. The first-order valence-electron chi connectivity index (χ1n) is 3.52. The standard InChI is InChI=1S/C7H7FN2S/c8-5-6(4-1-2-4)9-3-10-7(5)11/h3-4H,1-2H2,(H,9,10,11). The van der Waals surface area contributed by atoms with E-state index < -0.39 is 0 Å². The first kappa shape index (κ1) is 6.91. The Morgan fingerprint density at radius 3 is 3.00 bits per heavy atom. The van der Waals surface area contributed by atoms with E-state index in [0.717, 1.165) is 12.8 Å². The lowest BCUT2D eigenvalue weighted by atomic mass is 10.3. The van der Waals surface area contributed by atoms with Crippen molar-refractivity contribution in [3.63, 3.8) is 0 Å². The van der Waals surface area contributed by atoms with Gasteiger partial charge in [-0.05, 0) is 12.8 Å². The minimum Gasteiger partial charge on any atom is -0.347 e. The highest BCUT2D eigenvalue weighted by Gasteiger charge is 2.27. The fraction of sp³-hybridized carbons (Fsp3) is 0.429. The van der Waals surface area contributed by atoms with Crippen LogP contribution in [0, 0.1) is 10.5 Å². The predicted octanol–water partition coefficient (Wildman–Crippen LogP) is 2.16. The smallest absolute Gasteiger partial charge is 0.179 e. The Morgan fingerprint density at radius 2 is 2.36 bits per heavy atom. The number of rotatable bonds is 1. The first-order chi connectivity index (χ1) is 5.29. The molecule has 0 spiro atoms.